The number of likely N-dealkylation sites (tertiary alicyclic amines) is 1. The van der Waals surface area contributed by atoms with Gasteiger partial charge in [-0.1, -0.05) is 11.6 Å². The molecule has 1 aromatic heterocycles. The van der Waals surface area contributed by atoms with Gasteiger partial charge in [0.1, 0.15) is 5.69 Å². The van der Waals surface area contributed by atoms with E-state index < -0.39 is 0 Å². The molecule has 3 aliphatic rings. The Balaban J connectivity index is 1.18. The van der Waals surface area contributed by atoms with Crippen LogP contribution in [0.25, 0.3) is 0 Å². The van der Waals surface area contributed by atoms with Crippen molar-refractivity contribution in [3.05, 3.63) is 27.7 Å². The van der Waals surface area contributed by atoms with Crippen molar-refractivity contribution in [2.75, 3.05) is 66.1 Å². The lowest BCUT2D eigenvalue weighted by molar-refractivity contribution is 0.0589. The predicted molar refractivity (Wildman–Crippen MR) is 134 cm³/mol. The van der Waals surface area contributed by atoms with Gasteiger partial charge in [-0.2, -0.15) is 0 Å². The summed E-state index contributed by atoms with van der Waals surface area (Å²) < 4.78 is 5.15. The molecule has 0 aromatic carbocycles. The highest BCUT2D eigenvalue weighted by atomic mass is 32.1. The highest BCUT2D eigenvalue weighted by Crippen LogP contribution is 2.30. The molecule has 8 nitrogen and oxygen atoms in total. The third-order valence-electron chi connectivity index (χ3n) is 7.25. The number of methoxy groups -OCH3 is 1. The molecule has 34 heavy (non-hydrogen) atoms. The lowest BCUT2D eigenvalue weighted by Gasteiger charge is -2.34. The first kappa shape index (κ1) is 25.1. The average Bonchev–Trinajstić information content (AvgIpc) is 3.38. The van der Waals surface area contributed by atoms with E-state index in [0.29, 0.717) is 11.6 Å². The number of carbonyl (C=O) groups excluding carboxylic acids is 2. The number of ether oxygens (including phenoxy) is 1. The van der Waals surface area contributed by atoms with Crippen LogP contribution < -0.4 is 5.32 Å². The zero-order valence-electron chi connectivity index (χ0n) is 20.5. The first-order valence-corrected chi connectivity index (χ1v) is 13.7. The average molecular weight is 490 g/mol. The number of hydrogen-bond donors (Lipinski definition) is 1. The molecule has 188 valence electrons. The smallest absolute Gasteiger partial charge is 0.317 e. The van der Waals surface area contributed by atoms with Crippen molar-refractivity contribution in [2.24, 2.45) is 0 Å². The standard InChI is InChI=1S/C25H39N5O3S/c1-33-18-17-28-13-15-29(16-14-28)24(31)22-19-34-23(27-22)21-8-11-30(12-9-21)25(32)26-10-7-20-5-3-2-4-6-20/h5,19,21H,2-4,6-18H2,1H3,(H,26,32). The minimum atomic E-state index is 0.0405. The van der Waals surface area contributed by atoms with Crippen LogP contribution in [0.4, 0.5) is 4.79 Å². The van der Waals surface area contributed by atoms with Gasteiger partial charge in [0.05, 0.1) is 11.6 Å². The lowest BCUT2D eigenvalue weighted by atomic mass is 9.97. The number of piperazine rings is 1. The van der Waals surface area contributed by atoms with Crippen molar-refractivity contribution < 1.29 is 14.3 Å². The Labute approximate surface area is 207 Å². The number of hydrogen-bond acceptors (Lipinski definition) is 6. The Morgan fingerprint density at radius 2 is 1.91 bits per heavy atom. The van der Waals surface area contributed by atoms with Crippen LogP contribution in [-0.4, -0.2) is 97.7 Å². The van der Waals surface area contributed by atoms with Gasteiger partial charge in [-0.05, 0) is 44.9 Å². The largest absolute Gasteiger partial charge is 0.383 e. The first-order chi connectivity index (χ1) is 16.6. The number of thiazole rings is 1. The van der Waals surface area contributed by atoms with Crippen LogP contribution in [0.5, 0.6) is 0 Å². The Hall–Kier alpha value is -1.97. The maximum atomic E-state index is 12.9. The highest BCUT2D eigenvalue weighted by molar-refractivity contribution is 7.09. The van der Waals surface area contributed by atoms with Gasteiger partial charge in [0.2, 0.25) is 0 Å². The van der Waals surface area contributed by atoms with E-state index in [9.17, 15) is 9.59 Å². The van der Waals surface area contributed by atoms with Gasteiger partial charge in [-0.25, -0.2) is 9.78 Å². The summed E-state index contributed by atoms with van der Waals surface area (Å²) in [6, 6.07) is 0.0505. The van der Waals surface area contributed by atoms with Crippen LogP contribution in [0, 0.1) is 0 Å². The van der Waals surface area contributed by atoms with Crippen molar-refractivity contribution in [3.63, 3.8) is 0 Å². The number of aromatic nitrogens is 1. The zero-order valence-corrected chi connectivity index (χ0v) is 21.3. The third-order valence-corrected chi connectivity index (χ3v) is 8.26. The maximum absolute atomic E-state index is 12.9. The summed E-state index contributed by atoms with van der Waals surface area (Å²) in [5.41, 5.74) is 2.06. The van der Waals surface area contributed by atoms with Crippen molar-refractivity contribution in [1.29, 1.82) is 0 Å². The van der Waals surface area contributed by atoms with E-state index in [1.807, 2.05) is 15.2 Å². The molecule has 0 radical (unpaired) electrons. The van der Waals surface area contributed by atoms with Gasteiger partial charge < -0.3 is 19.9 Å². The second-order valence-corrected chi connectivity index (χ2v) is 10.4. The van der Waals surface area contributed by atoms with Gasteiger partial charge in [0.25, 0.3) is 5.91 Å². The van der Waals surface area contributed by atoms with Crippen molar-refractivity contribution in [1.82, 2.24) is 25.0 Å². The highest BCUT2D eigenvalue weighted by Gasteiger charge is 2.28. The van der Waals surface area contributed by atoms with Gasteiger partial charge >= 0.3 is 6.03 Å². The van der Waals surface area contributed by atoms with Crippen molar-refractivity contribution >= 4 is 23.3 Å². The summed E-state index contributed by atoms with van der Waals surface area (Å²) in [6.45, 7) is 7.07. The lowest BCUT2D eigenvalue weighted by Crippen LogP contribution is -2.49. The molecular formula is C25H39N5O3S. The minimum Gasteiger partial charge on any atom is -0.383 e. The topological polar surface area (TPSA) is 78.0 Å². The molecule has 0 spiro atoms. The molecule has 0 unspecified atom stereocenters. The van der Waals surface area contributed by atoms with Crippen LogP contribution in [0.2, 0.25) is 0 Å². The van der Waals surface area contributed by atoms with Crippen LogP contribution in [0.15, 0.2) is 17.0 Å². The molecule has 3 heterocycles. The van der Waals surface area contributed by atoms with Crippen LogP contribution in [0.1, 0.15) is 66.4 Å². The molecule has 3 amide bonds. The minimum absolute atomic E-state index is 0.0405. The summed E-state index contributed by atoms with van der Waals surface area (Å²) in [6.07, 6.45) is 10.1. The molecular weight excluding hydrogens is 450 g/mol. The van der Waals surface area contributed by atoms with Crippen LogP contribution in [0.3, 0.4) is 0 Å². The van der Waals surface area contributed by atoms with Crippen molar-refractivity contribution in [3.8, 4) is 0 Å². The first-order valence-electron chi connectivity index (χ1n) is 12.8. The van der Waals surface area contributed by atoms with E-state index in [1.165, 1.54) is 31.3 Å². The molecule has 1 aliphatic carbocycles. The zero-order chi connectivity index (χ0) is 23.8. The second kappa shape index (κ2) is 12.7. The van der Waals surface area contributed by atoms with E-state index >= 15 is 0 Å². The van der Waals surface area contributed by atoms with Gasteiger partial charge in [-0.3, -0.25) is 9.69 Å². The summed E-state index contributed by atoms with van der Waals surface area (Å²) in [5, 5.41) is 6.04. The summed E-state index contributed by atoms with van der Waals surface area (Å²) in [7, 11) is 1.72. The van der Waals surface area contributed by atoms with Gasteiger partial charge in [-0.15, -0.1) is 11.3 Å². The van der Waals surface area contributed by atoms with E-state index in [4.69, 9.17) is 9.72 Å². The third kappa shape index (κ3) is 6.79. The molecule has 0 atom stereocenters. The molecule has 4 rings (SSSR count). The molecule has 1 N–H and O–H groups in total. The monoisotopic (exact) mass is 489 g/mol. The number of rotatable bonds is 8. The Morgan fingerprint density at radius 3 is 2.62 bits per heavy atom. The fourth-order valence-corrected chi connectivity index (χ4v) is 6.00. The van der Waals surface area contributed by atoms with E-state index in [-0.39, 0.29) is 11.9 Å². The van der Waals surface area contributed by atoms with E-state index in [0.717, 1.165) is 83.2 Å². The fourth-order valence-electron chi connectivity index (χ4n) is 5.03. The molecule has 0 bridgehead atoms. The predicted octanol–water partition coefficient (Wildman–Crippen LogP) is 3.33. The van der Waals surface area contributed by atoms with Gasteiger partial charge in [0.15, 0.2) is 0 Å². The SMILES string of the molecule is COCCN1CCN(C(=O)c2csc(C3CCN(C(=O)NCCC4=CCCCC4)CC3)n2)CC1. The second-order valence-electron chi connectivity index (χ2n) is 9.55. The molecule has 0 saturated carbocycles. The molecule has 9 heteroatoms. The summed E-state index contributed by atoms with van der Waals surface area (Å²) in [5.74, 6) is 0.368. The number of amides is 3. The Bertz CT molecular complexity index is 841. The molecule has 2 fully saturated rings. The number of allylic oxidation sites excluding steroid dienone is 1. The van der Waals surface area contributed by atoms with E-state index in [2.05, 4.69) is 16.3 Å². The molecule has 2 aliphatic heterocycles. The molecule has 2 saturated heterocycles. The fraction of sp³-hybridized carbons (Fsp3) is 0.720. The van der Waals surface area contributed by atoms with Crippen molar-refractivity contribution in [2.45, 2.75) is 50.9 Å². The van der Waals surface area contributed by atoms with Crippen LogP contribution in [-0.2, 0) is 4.74 Å². The normalized spacial score (nSPS) is 20.3. The number of nitrogens with zero attached hydrogens (tertiary/aromatic N) is 4. The summed E-state index contributed by atoms with van der Waals surface area (Å²) >= 11 is 1.59. The number of urea groups is 1. The van der Waals surface area contributed by atoms with E-state index in [1.54, 1.807) is 18.4 Å². The Morgan fingerprint density at radius 1 is 1.12 bits per heavy atom. The quantitative estimate of drug-likeness (QED) is 0.567. The molecule has 1 aromatic rings. The number of carbonyl (C=O) groups is 2. The van der Waals surface area contributed by atoms with Crippen LogP contribution >= 0.6 is 11.3 Å². The number of piperidine rings is 1. The number of nitrogens with one attached hydrogen (secondary N) is 1. The van der Waals surface area contributed by atoms with Gasteiger partial charge in [0, 0.05) is 70.8 Å². The Kier molecular flexibility index (Phi) is 9.35. The summed E-state index contributed by atoms with van der Waals surface area (Å²) in [4.78, 5) is 36.4. The maximum Gasteiger partial charge on any atom is 0.317 e.